The molecule has 0 spiro atoms. The second-order valence-electron chi connectivity index (χ2n) is 4.58. The smallest absolute Gasteiger partial charge is 0.195 e. The summed E-state index contributed by atoms with van der Waals surface area (Å²) in [5, 5.41) is 0.212. The molecule has 0 amide bonds. The molecule has 0 saturated carbocycles. The Morgan fingerprint density at radius 1 is 1.18 bits per heavy atom. The number of nitrogens with zero attached hydrogens (tertiary/aromatic N) is 2. The molecule has 1 saturated heterocycles. The zero-order chi connectivity index (χ0) is 12.9. The predicted octanol–water partition coefficient (Wildman–Crippen LogP) is 1.75. The van der Waals surface area contributed by atoms with Gasteiger partial charge >= 0.3 is 0 Å². The molecule has 1 aliphatic rings. The van der Waals surface area contributed by atoms with E-state index < -0.39 is 10.2 Å². The SMILES string of the molecule is CCCCN(CCCC)S(=O)(=O)N1CC(S)C1. The summed E-state index contributed by atoms with van der Waals surface area (Å²) in [6, 6.07) is 0. The summed E-state index contributed by atoms with van der Waals surface area (Å²) in [4.78, 5) is 0. The Morgan fingerprint density at radius 3 is 2.00 bits per heavy atom. The highest BCUT2D eigenvalue weighted by Gasteiger charge is 2.37. The zero-order valence-electron chi connectivity index (χ0n) is 10.8. The first-order valence-corrected chi connectivity index (χ1v) is 8.37. The molecule has 0 radical (unpaired) electrons. The fraction of sp³-hybridized carbons (Fsp3) is 1.00. The van der Waals surface area contributed by atoms with Crippen LogP contribution in [0.5, 0.6) is 0 Å². The summed E-state index contributed by atoms with van der Waals surface area (Å²) in [7, 11) is -3.22. The molecular weight excluding hydrogens is 256 g/mol. The van der Waals surface area contributed by atoms with E-state index in [0.717, 1.165) is 25.7 Å². The molecular formula is C11H24N2O2S2. The maximum absolute atomic E-state index is 12.3. The first-order chi connectivity index (χ1) is 8.02. The normalized spacial score (nSPS) is 18.6. The highest BCUT2D eigenvalue weighted by Crippen LogP contribution is 2.21. The third-order valence-electron chi connectivity index (χ3n) is 3.00. The summed E-state index contributed by atoms with van der Waals surface area (Å²) in [6.45, 7) is 6.57. The molecule has 102 valence electrons. The van der Waals surface area contributed by atoms with Gasteiger partial charge in [0.1, 0.15) is 0 Å². The van der Waals surface area contributed by atoms with Crippen LogP contribution in [-0.2, 0) is 10.2 Å². The van der Waals surface area contributed by atoms with Crippen LogP contribution >= 0.6 is 12.6 Å². The molecule has 1 aliphatic heterocycles. The lowest BCUT2D eigenvalue weighted by Crippen LogP contribution is -2.56. The van der Waals surface area contributed by atoms with E-state index in [1.165, 1.54) is 4.31 Å². The fourth-order valence-corrected chi connectivity index (χ4v) is 4.18. The quantitative estimate of drug-likeness (QED) is 0.688. The number of thiol groups is 1. The molecule has 1 fully saturated rings. The van der Waals surface area contributed by atoms with E-state index in [9.17, 15) is 8.42 Å². The summed E-state index contributed by atoms with van der Waals surface area (Å²) in [6.07, 6.45) is 3.91. The van der Waals surface area contributed by atoms with Crippen LogP contribution in [0, 0.1) is 0 Å². The lowest BCUT2D eigenvalue weighted by molar-refractivity contribution is 0.277. The van der Waals surface area contributed by atoms with Gasteiger partial charge in [-0.25, -0.2) is 0 Å². The minimum absolute atomic E-state index is 0.212. The molecule has 1 rings (SSSR count). The van der Waals surface area contributed by atoms with E-state index in [-0.39, 0.29) is 5.25 Å². The van der Waals surface area contributed by atoms with Crippen LogP contribution in [0.15, 0.2) is 0 Å². The van der Waals surface area contributed by atoms with E-state index in [1.54, 1.807) is 4.31 Å². The van der Waals surface area contributed by atoms with Gasteiger partial charge < -0.3 is 0 Å². The highest BCUT2D eigenvalue weighted by molar-refractivity contribution is 7.87. The molecule has 0 bridgehead atoms. The van der Waals surface area contributed by atoms with Gasteiger partial charge in [-0.1, -0.05) is 26.7 Å². The third kappa shape index (κ3) is 4.12. The lowest BCUT2D eigenvalue weighted by atomic mass is 10.3. The van der Waals surface area contributed by atoms with Crippen LogP contribution < -0.4 is 0 Å². The van der Waals surface area contributed by atoms with Crippen LogP contribution in [0.25, 0.3) is 0 Å². The number of hydrogen-bond donors (Lipinski definition) is 1. The molecule has 4 nitrogen and oxygen atoms in total. The summed E-state index contributed by atoms with van der Waals surface area (Å²) >= 11 is 4.26. The van der Waals surface area contributed by atoms with Gasteiger partial charge in [-0.3, -0.25) is 0 Å². The second kappa shape index (κ2) is 6.97. The molecule has 0 atom stereocenters. The minimum atomic E-state index is -3.22. The van der Waals surface area contributed by atoms with E-state index in [2.05, 4.69) is 26.5 Å². The molecule has 0 aromatic heterocycles. The number of unbranched alkanes of at least 4 members (excludes halogenated alkanes) is 2. The van der Waals surface area contributed by atoms with Gasteiger partial charge in [-0.15, -0.1) is 0 Å². The highest BCUT2D eigenvalue weighted by atomic mass is 32.2. The van der Waals surface area contributed by atoms with Gasteiger partial charge in [-0.2, -0.15) is 29.7 Å². The average molecular weight is 280 g/mol. The van der Waals surface area contributed by atoms with Gasteiger partial charge in [-0.05, 0) is 12.8 Å². The second-order valence-corrected chi connectivity index (χ2v) is 7.24. The van der Waals surface area contributed by atoms with E-state index in [4.69, 9.17) is 0 Å². The minimum Gasteiger partial charge on any atom is -0.195 e. The first kappa shape index (κ1) is 15.3. The van der Waals surface area contributed by atoms with Crippen molar-refractivity contribution in [2.45, 2.75) is 44.8 Å². The van der Waals surface area contributed by atoms with Crippen molar-refractivity contribution in [3.8, 4) is 0 Å². The van der Waals surface area contributed by atoms with Gasteiger partial charge in [0.25, 0.3) is 10.2 Å². The van der Waals surface area contributed by atoms with Crippen LogP contribution in [0.1, 0.15) is 39.5 Å². The topological polar surface area (TPSA) is 40.6 Å². The van der Waals surface area contributed by atoms with E-state index >= 15 is 0 Å². The monoisotopic (exact) mass is 280 g/mol. The van der Waals surface area contributed by atoms with Crippen molar-refractivity contribution in [2.75, 3.05) is 26.2 Å². The van der Waals surface area contributed by atoms with E-state index in [1.807, 2.05) is 0 Å². The number of rotatable bonds is 8. The van der Waals surface area contributed by atoms with Crippen molar-refractivity contribution in [3.05, 3.63) is 0 Å². The molecule has 0 aliphatic carbocycles. The fourth-order valence-electron chi connectivity index (χ4n) is 1.78. The lowest BCUT2D eigenvalue weighted by Gasteiger charge is -2.38. The number of hydrogen-bond acceptors (Lipinski definition) is 3. The Kier molecular flexibility index (Phi) is 6.26. The van der Waals surface area contributed by atoms with Crippen LogP contribution in [0.3, 0.4) is 0 Å². The summed E-state index contributed by atoms with van der Waals surface area (Å²) in [5.41, 5.74) is 0. The summed E-state index contributed by atoms with van der Waals surface area (Å²) in [5.74, 6) is 0. The molecule has 17 heavy (non-hydrogen) atoms. The Bertz CT molecular complexity index is 305. The van der Waals surface area contributed by atoms with Crippen molar-refractivity contribution in [1.29, 1.82) is 0 Å². The van der Waals surface area contributed by atoms with Crippen LogP contribution in [0.2, 0.25) is 0 Å². The zero-order valence-corrected chi connectivity index (χ0v) is 12.5. The predicted molar refractivity (Wildman–Crippen MR) is 74.7 cm³/mol. The van der Waals surface area contributed by atoms with Crippen molar-refractivity contribution in [1.82, 2.24) is 8.61 Å². The Morgan fingerprint density at radius 2 is 1.65 bits per heavy atom. The van der Waals surface area contributed by atoms with Crippen molar-refractivity contribution >= 4 is 22.8 Å². The molecule has 0 N–H and O–H groups in total. The maximum atomic E-state index is 12.3. The summed E-state index contributed by atoms with van der Waals surface area (Å²) < 4.78 is 27.8. The van der Waals surface area contributed by atoms with Gasteiger partial charge in [0, 0.05) is 31.4 Å². The van der Waals surface area contributed by atoms with Crippen molar-refractivity contribution in [2.24, 2.45) is 0 Å². The maximum Gasteiger partial charge on any atom is 0.282 e. The van der Waals surface area contributed by atoms with Crippen LogP contribution in [0.4, 0.5) is 0 Å². The largest absolute Gasteiger partial charge is 0.282 e. The van der Waals surface area contributed by atoms with Gasteiger partial charge in [0.2, 0.25) is 0 Å². The molecule has 0 aromatic rings. The first-order valence-electron chi connectivity index (χ1n) is 6.45. The Balaban J connectivity index is 2.59. The third-order valence-corrected chi connectivity index (χ3v) is 5.30. The standard InChI is InChI=1S/C11H24N2O2S2/c1-3-5-7-12(8-6-4-2)17(14,15)13-9-11(16)10-13/h11,16H,3-10H2,1-2H3. The van der Waals surface area contributed by atoms with Crippen molar-refractivity contribution in [3.63, 3.8) is 0 Å². The van der Waals surface area contributed by atoms with Crippen molar-refractivity contribution < 1.29 is 8.42 Å². The Labute approximate surface area is 111 Å². The van der Waals surface area contributed by atoms with Gasteiger partial charge in [0.15, 0.2) is 0 Å². The van der Waals surface area contributed by atoms with Gasteiger partial charge in [0.05, 0.1) is 0 Å². The Hall–Kier alpha value is 0.220. The van der Waals surface area contributed by atoms with Crippen LogP contribution in [-0.4, -0.2) is 48.5 Å². The molecule has 6 heteroatoms. The molecule has 0 unspecified atom stereocenters. The molecule has 1 heterocycles. The molecule has 0 aromatic carbocycles. The van der Waals surface area contributed by atoms with E-state index in [0.29, 0.717) is 26.2 Å². The average Bonchev–Trinajstić information content (AvgIpc) is 2.24.